The number of benzene rings is 2. The van der Waals surface area contributed by atoms with Crippen LogP contribution in [0.3, 0.4) is 0 Å². The van der Waals surface area contributed by atoms with Crippen molar-refractivity contribution < 1.29 is 28.6 Å². The van der Waals surface area contributed by atoms with E-state index in [0.29, 0.717) is 35.4 Å². The van der Waals surface area contributed by atoms with Gasteiger partial charge in [-0.2, -0.15) is 0 Å². The second kappa shape index (κ2) is 10.5. The van der Waals surface area contributed by atoms with Crippen LogP contribution in [0.2, 0.25) is 0 Å². The topological polar surface area (TPSA) is 105 Å². The van der Waals surface area contributed by atoms with Gasteiger partial charge in [-0.3, -0.25) is 0 Å². The van der Waals surface area contributed by atoms with Gasteiger partial charge in [-0.15, -0.1) is 0 Å². The number of ether oxygens (including phenoxy) is 3. The lowest BCUT2D eigenvalue weighted by molar-refractivity contribution is -0.137. The van der Waals surface area contributed by atoms with Crippen molar-refractivity contribution >= 4 is 23.6 Å². The molecule has 2 rings (SSSR count). The normalized spacial score (nSPS) is 10.0. The average Bonchev–Trinajstić information content (AvgIpc) is 2.71. The first-order valence-corrected chi connectivity index (χ1v) is 8.63. The molecule has 7 heteroatoms. The number of unbranched alkanes of at least 4 members (excludes halogenated alkanes) is 1. The number of esters is 3. The van der Waals surface area contributed by atoms with Crippen LogP contribution in [0.15, 0.2) is 61.2 Å². The molecule has 2 aromatic carbocycles. The molecular weight excluding hydrogens is 362 g/mol. The van der Waals surface area contributed by atoms with Gasteiger partial charge in [0, 0.05) is 11.8 Å². The Labute approximate surface area is 162 Å². The Hall–Kier alpha value is -3.61. The number of hydrogen-bond donors (Lipinski definition) is 1. The summed E-state index contributed by atoms with van der Waals surface area (Å²) in [7, 11) is 0. The molecule has 28 heavy (non-hydrogen) atoms. The second-order valence-electron chi connectivity index (χ2n) is 5.75. The summed E-state index contributed by atoms with van der Waals surface area (Å²) in [6, 6.07) is 12.4. The lowest BCUT2D eigenvalue weighted by atomic mass is 10.2. The van der Waals surface area contributed by atoms with Gasteiger partial charge in [0.15, 0.2) is 0 Å². The van der Waals surface area contributed by atoms with Crippen molar-refractivity contribution in [1.82, 2.24) is 0 Å². The minimum atomic E-state index is -0.521. The summed E-state index contributed by atoms with van der Waals surface area (Å²) < 4.78 is 15.2. The highest BCUT2D eigenvalue weighted by molar-refractivity contribution is 5.92. The molecule has 0 aliphatic heterocycles. The molecule has 0 fully saturated rings. The lowest BCUT2D eigenvalue weighted by Crippen LogP contribution is -2.10. The van der Waals surface area contributed by atoms with Gasteiger partial charge in [-0.05, 0) is 61.4 Å². The highest BCUT2D eigenvalue weighted by atomic mass is 16.5. The van der Waals surface area contributed by atoms with Crippen LogP contribution >= 0.6 is 0 Å². The van der Waals surface area contributed by atoms with Gasteiger partial charge in [0.25, 0.3) is 0 Å². The van der Waals surface area contributed by atoms with E-state index in [1.165, 1.54) is 24.3 Å². The summed E-state index contributed by atoms with van der Waals surface area (Å²) in [5.74, 6) is -1.18. The van der Waals surface area contributed by atoms with Crippen LogP contribution in [-0.2, 0) is 14.3 Å². The molecule has 0 spiro atoms. The summed E-state index contributed by atoms with van der Waals surface area (Å²) in [6.45, 7) is 3.75. The van der Waals surface area contributed by atoms with Gasteiger partial charge in [-0.25, -0.2) is 14.4 Å². The minimum absolute atomic E-state index is 0.207. The van der Waals surface area contributed by atoms with Crippen molar-refractivity contribution in [3.8, 4) is 5.75 Å². The monoisotopic (exact) mass is 383 g/mol. The number of carbonyl (C=O) groups excluding carboxylic acids is 3. The second-order valence-corrected chi connectivity index (χ2v) is 5.75. The molecule has 0 unspecified atom stereocenters. The molecule has 0 aliphatic rings. The van der Waals surface area contributed by atoms with E-state index in [9.17, 15) is 14.4 Å². The molecule has 0 atom stereocenters. The first-order valence-electron chi connectivity index (χ1n) is 8.63. The Morgan fingerprint density at radius 2 is 1.36 bits per heavy atom. The summed E-state index contributed by atoms with van der Waals surface area (Å²) in [4.78, 5) is 34.9. The molecule has 0 aromatic heterocycles. The third-order valence-electron chi connectivity index (χ3n) is 3.63. The van der Waals surface area contributed by atoms with E-state index in [0.717, 1.165) is 6.08 Å². The van der Waals surface area contributed by atoms with Crippen molar-refractivity contribution in [3.05, 3.63) is 72.3 Å². The molecule has 0 amide bonds. The van der Waals surface area contributed by atoms with Crippen LogP contribution in [0.25, 0.3) is 0 Å². The maximum absolute atomic E-state index is 12.0. The van der Waals surface area contributed by atoms with E-state index in [2.05, 4.69) is 6.58 Å². The fourth-order valence-corrected chi connectivity index (χ4v) is 2.13. The van der Waals surface area contributed by atoms with E-state index >= 15 is 0 Å². The van der Waals surface area contributed by atoms with E-state index < -0.39 is 17.9 Å². The predicted molar refractivity (Wildman–Crippen MR) is 103 cm³/mol. The SMILES string of the molecule is C=CC(=O)OCCCCOC(=O)c1ccc(OC(=O)c2ccc(N)cc2)cc1. The van der Waals surface area contributed by atoms with Gasteiger partial charge in [-0.1, -0.05) is 6.58 Å². The van der Waals surface area contributed by atoms with E-state index in [-0.39, 0.29) is 13.2 Å². The number of hydrogen-bond acceptors (Lipinski definition) is 7. The largest absolute Gasteiger partial charge is 0.463 e. The van der Waals surface area contributed by atoms with Crippen LogP contribution in [0, 0.1) is 0 Å². The van der Waals surface area contributed by atoms with Crippen LogP contribution < -0.4 is 10.5 Å². The van der Waals surface area contributed by atoms with Gasteiger partial charge in [0.2, 0.25) is 0 Å². The quantitative estimate of drug-likeness (QED) is 0.233. The Morgan fingerprint density at radius 1 is 0.821 bits per heavy atom. The fourth-order valence-electron chi connectivity index (χ4n) is 2.13. The number of anilines is 1. The zero-order valence-electron chi connectivity index (χ0n) is 15.3. The van der Waals surface area contributed by atoms with Gasteiger partial charge >= 0.3 is 17.9 Å². The maximum Gasteiger partial charge on any atom is 0.343 e. The Bertz CT molecular complexity index is 827. The average molecular weight is 383 g/mol. The number of rotatable bonds is 9. The first-order chi connectivity index (χ1) is 13.5. The predicted octanol–water partition coefficient (Wildman–Crippen LogP) is 3.15. The first kappa shape index (κ1) is 20.7. The Morgan fingerprint density at radius 3 is 1.96 bits per heavy atom. The minimum Gasteiger partial charge on any atom is -0.463 e. The zero-order valence-corrected chi connectivity index (χ0v) is 15.3. The lowest BCUT2D eigenvalue weighted by Gasteiger charge is -2.07. The van der Waals surface area contributed by atoms with Crippen LogP contribution in [0.5, 0.6) is 5.75 Å². The molecule has 0 radical (unpaired) electrons. The molecular formula is C21H21NO6. The number of nitrogens with two attached hydrogens (primary N) is 1. The summed E-state index contributed by atoms with van der Waals surface area (Å²) in [5.41, 5.74) is 6.84. The third-order valence-corrected chi connectivity index (χ3v) is 3.63. The van der Waals surface area contributed by atoms with E-state index in [4.69, 9.17) is 19.9 Å². The summed E-state index contributed by atoms with van der Waals surface area (Å²) in [6.07, 6.45) is 2.23. The standard InChI is InChI=1S/C21H21NO6/c1-2-19(23)26-13-3-4-14-27-20(24)15-7-11-18(12-8-15)28-21(25)16-5-9-17(22)10-6-16/h2,5-12H,1,3-4,13-14,22H2. The Kier molecular flexibility index (Phi) is 7.77. The smallest absolute Gasteiger partial charge is 0.343 e. The molecule has 0 aliphatic carbocycles. The van der Waals surface area contributed by atoms with Crippen molar-refractivity contribution in [2.45, 2.75) is 12.8 Å². The number of nitrogen functional groups attached to an aromatic ring is 1. The van der Waals surface area contributed by atoms with Gasteiger partial charge in [0.05, 0.1) is 24.3 Å². The molecule has 2 aromatic rings. The molecule has 146 valence electrons. The van der Waals surface area contributed by atoms with Crippen molar-refractivity contribution in [2.24, 2.45) is 0 Å². The van der Waals surface area contributed by atoms with Crippen LogP contribution in [-0.4, -0.2) is 31.1 Å². The summed E-state index contributed by atoms with van der Waals surface area (Å²) >= 11 is 0. The van der Waals surface area contributed by atoms with E-state index in [1.54, 1.807) is 24.3 Å². The fraction of sp³-hybridized carbons (Fsp3) is 0.190. The molecule has 0 heterocycles. The maximum atomic E-state index is 12.0. The van der Waals surface area contributed by atoms with Crippen LogP contribution in [0.4, 0.5) is 5.69 Å². The molecule has 0 bridgehead atoms. The molecule has 2 N–H and O–H groups in total. The highest BCUT2D eigenvalue weighted by Crippen LogP contribution is 2.16. The van der Waals surface area contributed by atoms with Gasteiger partial charge in [0.1, 0.15) is 5.75 Å². The summed E-state index contributed by atoms with van der Waals surface area (Å²) in [5, 5.41) is 0. The molecule has 0 saturated heterocycles. The molecule has 7 nitrogen and oxygen atoms in total. The van der Waals surface area contributed by atoms with Gasteiger partial charge < -0.3 is 19.9 Å². The van der Waals surface area contributed by atoms with Crippen molar-refractivity contribution in [3.63, 3.8) is 0 Å². The highest BCUT2D eigenvalue weighted by Gasteiger charge is 2.11. The third kappa shape index (κ3) is 6.60. The van der Waals surface area contributed by atoms with Crippen molar-refractivity contribution in [1.29, 1.82) is 0 Å². The van der Waals surface area contributed by atoms with Crippen LogP contribution in [0.1, 0.15) is 33.6 Å². The number of carbonyl (C=O) groups is 3. The Balaban J connectivity index is 1.76. The molecule has 0 saturated carbocycles. The zero-order chi connectivity index (χ0) is 20.4. The van der Waals surface area contributed by atoms with Crippen molar-refractivity contribution in [2.75, 3.05) is 18.9 Å². The van der Waals surface area contributed by atoms with E-state index in [1.807, 2.05) is 0 Å².